The van der Waals surface area contributed by atoms with E-state index in [0.717, 1.165) is 36.9 Å². The summed E-state index contributed by atoms with van der Waals surface area (Å²) >= 11 is 12.2. The molecule has 0 unspecified atom stereocenters. The van der Waals surface area contributed by atoms with Crippen molar-refractivity contribution in [2.75, 3.05) is 5.32 Å². The molecule has 0 bridgehead atoms. The quantitative estimate of drug-likeness (QED) is 0.822. The molecule has 0 spiro atoms. The van der Waals surface area contributed by atoms with Crippen molar-refractivity contribution in [3.05, 3.63) is 45.6 Å². The van der Waals surface area contributed by atoms with Crippen LogP contribution < -0.4 is 5.32 Å². The fraction of sp³-hybridized carbons (Fsp3) is 0.444. The number of nitrogens with one attached hydrogen (secondary N) is 1. The van der Waals surface area contributed by atoms with Crippen molar-refractivity contribution in [2.45, 2.75) is 45.6 Å². The van der Waals surface area contributed by atoms with Crippen LogP contribution >= 0.6 is 23.2 Å². The summed E-state index contributed by atoms with van der Waals surface area (Å²) in [7, 11) is 0. The van der Waals surface area contributed by atoms with Gasteiger partial charge in [0, 0.05) is 27.7 Å². The second-order valence-corrected chi connectivity index (χ2v) is 7.23. The maximum absolute atomic E-state index is 12.3. The number of hydrogen-bond donors (Lipinski definition) is 1. The highest BCUT2D eigenvalue weighted by Crippen LogP contribution is 2.25. The van der Waals surface area contributed by atoms with Gasteiger partial charge in [-0.3, -0.25) is 9.48 Å². The number of anilines is 1. The maximum atomic E-state index is 12.3. The van der Waals surface area contributed by atoms with Crippen LogP contribution in [0.4, 0.5) is 5.82 Å². The van der Waals surface area contributed by atoms with Gasteiger partial charge in [0.15, 0.2) is 5.82 Å². The lowest BCUT2D eigenvalue weighted by atomic mass is 9.89. The normalized spacial score (nSPS) is 15.5. The Morgan fingerprint density at radius 2 is 2.00 bits per heavy atom. The Labute approximate surface area is 152 Å². The van der Waals surface area contributed by atoms with Gasteiger partial charge in [-0.05, 0) is 37.5 Å². The number of hydrogen-bond acceptors (Lipinski definition) is 2. The number of amides is 1. The smallest absolute Gasteiger partial charge is 0.228 e. The van der Waals surface area contributed by atoms with Crippen molar-refractivity contribution in [1.29, 1.82) is 0 Å². The SMILES string of the molecule is Cc1cc(NC(=O)C2CCCCC2)nn1Cc1ccc(Cl)cc1Cl. The highest BCUT2D eigenvalue weighted by molar-refractivity contribution is 6.35. The van der Waals surface area contributed by atoms with E-state index in [0.29, 0.717) is 22.4 Å². The van der Waals surface area contributed by atoms with Gasteiger partial charge in [-0.25, -0.2) is 0 Å². The zero-order chi connectivity index (χ0) is 17.1. The lowest BCUT2D eigenvalue weighted by molar-refractivity contribution is -0.120. The zero-order valence-corrected chi connectivity index (χ0v) is 15.2. The molecule has 128 valence electrons. The molecule has 1 fully saturated rings. The van der Waals surface area contributed by atoms with Gasteiger partial charge in [-0.1, -0.05) is 48.5 Å². The summed E-state index contributed by atoms with van der Waals surface area (Å²) in [6.07, 6.45) is 5.47. The largest absolute Gasteiger partial charge is 0.309 e. The Morgan fingerprint density at radius 3 is 2.71 bits per heavy atom. The fourth-order valence-corrected chi connectivity index (χ4v) is 3.60. The minimum Gasteiger partial charge on any atom is -0.309 e. The van der Waals surface area contributed by atoms with E-state index in [4.69, 9.17) is 23.2 Å². The molecule has 1 amide bonds. The predicted molar refractivity (Wildman–Crippen MR) is 97.7 cm³/mol. The van der Waals surface area contributed by atoms with E-state index >= 15 is 0 Å². The van der Waals surface area contributed by atoms with Crippen LogP contribution in [0.3, 0.4) is 0 Å². The molecule has 1 saturated carbocycles. The van der Waals surface area contributed by atoms with Crippen molar-refractivity contribution in [1.82, 2.24) is 9.78 Å². The third-order valence-electron chi connectivity index (χ3n) is 4.54. The summed E-state index contributed by atoms with van der Waals surface area (Å²) in [6.45, 7) is 2.51. The average molecular weight is 366 g/mol. The highest BCUT2D eigenvalue weighted by atomic mass is 35.5. The van der Waals surface area contributed by atoms with Crippen molar-refractivity contribution < 1.29 is 4.79 Å². The minimum atomic E-state index is 0.0869. The Hall–Kier alpha value is -1.52. The third kappa shape index (κ3) is 4.11. The van der Waals surface area contributed by atoms with E-state index in [9.17, 15) is 4.79 Å². The summed E-state index contributed by atoms with van der Waals surface area (Å²) < 4.78 is 1.84. The average Bonchev–Trinajstić information content (AvgIpc) is 2.90. The summed E-state index contributed by atoms with van der Waals surface area (Å²) in [6, 6.07) is 7.33. The number of halogens is 2. The van der Waals surface area contributed by atoms with E-state index in [1.165, 1.54) is 6.42 Å². The lowest BCUT2D eigenvalue weighted by Crippen LogP contribution is -2.25. The number of benzene rings is 1. The summed E-state index contributed by atoms with van der Waals surface area (Å²) in [5, 5.41) is 8.68. The van der Waals surface area contributed by atoms with E-state index in [1.807, 2.05) is 29.8 Å². The van der Waals surface area contributed by atoms with Gasteiger partial charge in [0.25, 0.3) is 0 Å². The number of carbonyl (C=O) groups excluding carboxylic acids is 1. The van der Waals surface area contributed by atoms with Gasteiger partial charge >= 0.3 is 0 Å². The van der Waals surface area contributed by atoms with Crippen LogP contribution in [0.25, 0.3) is 0 Å². The molecule has 2 aromatic rings. The number of aromatic nitrogens is 2. The monoisotopic (exact) mass is 365 g/mol. The Kier molecular flexibility index (Phi) is 5.47. The van der Waals surface area contributed by atoms with Crippen LogP contribution in [0.15, 0.2) is 24.3 Å². The van der Waals surface area contributed by atoms with Gasteiger partial charge in [0.1, 0.15) is 0 Å². The van der Waals surface area contributed by atoms with Gasteiger partial charge in [-0.2, -0.15) is 5.10 Å². The first-order valence-electron chi connectivity index (χ1n) is 8.32. The predicted octanol–water partition coefficient (Wildman–Crippen LogP) is 5.07. The summed E-state index contributed by atoms with van der Waals surface area (Å²) in [4.78, 5) is 12.3. The Balaban J connectivity index is 1.69. The first-order chi connectivity index (χ1) is 11.5. The van der Waals surface area contributed by atoms with Crippen molar-refractivity contribution in [2.24, 2.45) is 5.92 Å². The first kappa shape index (κ1) is 17.3. The van der Waals surface area contributed by atoms with Crippen LogP contribution in [0.1, 0.15) is 43.4 Å². The van der Waals surface area contributed by atoms with Crippen LogP contribution in [-0.2, 0) is 11.3 Å². The second kappa shape index (κ2) is 7.58. The molecule has 24 heavy (non-hydrogen) atoms. The highest BCUT2D eigenvalue weighted by Gasteiger charge is 2.22. The maximum Gasteiger partial charge on any atom is 0.228 e. The Morgan fingerprint density at radius 1 is 1.25 bits per heavy atom. The molecule has 1 aromatic carbocycles. The van der Waals surface area contributed by atoms with Crippen LogP contribution in [0.5, 0.6) is 0 Å². The molecule has 0 saturated heterocycles. The number of carbonyl (C=O) groups is 1. The van der Waals surface area contributed by atoms with E-state index in [2.05, 4.69) is 10.4 Å². The minimum absolute atomic E-state index is 0.0869. The van der Waals surface area contributed by atoms with Crippen molar-refractivity contribution in [3.8, 4) is 0 Å². The van der Waals surface area contributed by atoms with Crippen LogP contribution in [0.2, 0.25) is 10.0 Å². The molecule has 1 aliphatic rings. The number of nitrogens with zero attached hydrogens (tertiary/aromatic N) is 2. The molecule has 3 rings (SSSR count). The lowest BCUT2D eigenvalue weighted by Gasteiger charge is -2.19. The second-order valence-electron chi connectivity index (χ2n) is 6.39. The van der Waals surface area contributed by atoms with Crippen LogP contribution in [0, 0.1) is 12.8 Å². The van der Waals surface area contributed by atoms with E-state index < -0.39 is 0 Å². The standard InChI is InChI=1S/C18H21Cl2N3O/c1-12-9-17(21-18(24)13-5-3-2-4-6-13)22-23(12)11-14-7-8-15(19)10-16(14)20/h7-10,13H,2-6,11H2,1H3,(H,21,22,24). The summed E-state index contributed by atoms with van der Waals surface area (Å²) in [5.74, 6) is 0.812. The molecule has 6 heteroatoms. The van der Waals surface area contributed by atoms with Gasteiger partial charge in [0.05, 0.1) is 6.54 Å². The fourth-order valence-electron chi connectivity index (χ4n) is 3.14. The molecular formula is C18H21Cl2N3O. The van der Waals surface area contributed by atoms with Crippen molar-refractivity contribution >= 4 is 34.9 Å². The molecule has 0 aliphatic heterocycles. The van der Waals surface area contributed by atoms with Gasteiger partial charge in [0.2, 0.25) is 5.91 Å². The molecule has 1 aliphatic carbocycles. The van der Waals surface area contributed by atoms with Crippen molar-refractivity contribution in [3.63, 3.8) is 0 Å². The molecule has 4 nitrogen and oxygen atoms in total. The first-order valence-corrected chi connectivity index (χ1v) is 9.08. The van der Waals surface area contributed by atoms with Gasteiger partial charge in [-0.15, -0.1) is 0 Å². The number of aryl methyl sites for hydroxylation is 1. The molecule has 1 N–H and O–H groups in total. The van der Waals surface area contributed by atoms with E-state index in [-0.39, 0.29) is 11.8 Å². The molecular weight excluding hydrogens is 345 g/mol. The third-order valence-corrected chi connectivity index (χ3v) is 5.13. The molecule has 0 atom stereocenters. The molecule has 1 aromatic heterocycles. The Bertz CT molecular complexity index is 736. The zero-order valence-electron chi connectivity index (χ0n) is 13.7. The molecule has 1 heterocycles. The topological polar surface area (TPSA) is 46.9 Å². The number of rotatable bonds is 4. The summed E-state index contributed by atoms with van der Waals surface area (Å²) in [5.41, 5.74) is 1.91. The van der Waals surface area contributed by atoms with Gasteiger partial charge < -0.3 is 5.32 Å². The van der Waals surface area contributed by atoms with E-state index in [1.54, 1.807) is 6.07 Å². The van der Waals surface area contributed by atoms with Crippen LogP contribution in [-0.4, -0.2) is 15.7 Å². The molecule has 0 radical (unpaired) electrons.